The molecule has 1 amide bonds. The summed E-state index contributed by atoms with van der Waals surface area (Å²) in [6.07, 6.45) is 5.86. The normalized spacial score (nSPS) is 18.0. The van der Waals surface area contributed by atoms with Crippen LogP contribution in [0.2, 0.25) is 0 Å². The Hall–Kier alpha value is -3.74. The number of benzene rings is 1. The number of carbonyl (C=O) groups is 1. The van der Waals surface area contributed by atoms with Crippen molar-refractivity contribution in [2.24, 2.45) is 5.92 Å². The SMILES string of the molecule is O=C(Nc1cc(-n2cccn2)nc(-c2ccco2)n1)C1C[C@H]1c1ccccc1. The van der Waals surface area contributed by atoms with Crippen LogP contribution in [0.25, 0.3) is 17.4 Å². The van der Waals surface area contributed by atoms with Gasteiger partial charge < -0.3 is 9.73 Å². The predicted molar refractivity (Wildman–Crippen MR) is 103 cm³/mol. The van der Waals surface area contributed by atoms with E-state index in [1.165, 1.54) is 5.56 Å². The van der Waals surface area contributed by atoms with Crippen molar-refractivity contribution in [1.29, 1.82) is 0 Å². The van der Waals surface area contributed by atoms with Crippen molar-refractivity contribution in [2.75, 3.05) is 5.32 Å². The average molecular weight is 371 g/mol. The second-order valence-corrected chi connectivity index (χ2v) is 6.71. The van der Waals surface area contributed by atoms with E-state index in [-0.39, 0.29) is 17.7 Å². The molecule has 0 radical (unpaired) electrons. The summed E-state index contributed by atoms with van der Waals surface area (Å²) < 4.78 is 7.04. The summed E-state index contributed by atoms with van der Waals surface area (Å²) in [6.45, 7) is 0. The maximum atomic E-state index is 12.7. The fourth-order valence-electron chi connectivity index (χ4n) is 3.31. The Morgan fingerprint density at radius 1 is 1.11 bits per heavy atom. The average Bonchev–Trinajstić information content (AvgIpc) is 3.12. The van der Waals surface area contributed by atoms with E-state index < -0.39 is 0 Å². The van der Waals surface area contributed by atoms with Gasteiger partial charge in [-0.15, -0.1) is 0 Å². The number of anilines is 1. The van der Waals surface area contributed by atoms with Crippen LogP contribution in [0.1, 0.15) is 17.9 Å². The Labute approximate surface area is 161 Å². The molecular formula is C21H17N5O2. The van der Waals surface area contributed by atoms with Gasteiger partial charge in [-0.1, -0.05) is 30.3 Å². The Bertz CT molecular complexity index is 1040. The number of amides is 1. The van der Waals surface area contributed by atoms with Crippen LogP contribution in [0.4, 0.5) is 5.82 Å². The maximum absolute atomic E-state index is 12.7. The topological polar surface area (TPSA) is 85.8 Å². The summed E-state index contributed by atoms with van der Waals surface area (Å²) in [7, 11) is 0. The van der Waals surface area contributed by atoms with Crippen LogP contribution < -0.4 is 5.32 Å². The number of hydrogen-bond donors (Lipinski definition) is 1. The molecule has 28 heavy (non-hydrogen) atoms. The highest BCUT2D eigenvalue weighted by atomic mass is 16.3. The standard InChI is InChI=1S/C21H17N5O2/c27-21(16-12-15(16)14-6-2-1-3-7-14)24-18-13-19(26-10-5-9-22-26)25-20(23-18)17-8-4-11-28-17/h1-11,13,15-16H,12H2,(H,23,24,25,27)/t15-,16?/m0/s1. The van der Waals surface area contributed by atoms with Gasteiger partial charge in [0.2, 0.25) is 5.91 Å². The lowest BCUT2D eigenvalue weighted by Gasteiger charge is -2.09. The van der Waals surface area contributed by atoms with Gasteiger partial charge in [0.25, 0.3) is 0 Å². The number of hydrogen-bond acceptors (Lipinski definition) is 5. The lowest BCUT2D eigenvalue weighted by Crippen LogP contribution is -2.16. The third kappa shape index (κ3) is 3.18. The molecule has 1 aliphatic carbocycles. The molecule has 2 atom stereocenters. The highest BCUT2D eigenvalue weighted by Crippen LogP contribution is 2.47. The molecule has 3 heterocycles. The molecule has 0 aliphatic heterocycles. The van der Waals surface area contributed by atoms with Gasteiger partial charge in [-0.05, 0) is 36.1 Å². The maximum Gasteiger partial charge on any atom is 0.229 e. The third-order valence-electron chi connectivity index (χ3n) is 4.80. The summed E-state index contributed by atoms with van der Waals surface area (Å²) in [5, 5.41) is 7.15. The minimum absolute atomic E-state index is 0.0376. The summed E-state index contributed by atoms with van der Waals surface area (Å²) in [4.78, 5) is 21.7. The van der Waals surface area contributed by atoms with Gasteiger partial charge in [-0.3, -0.25) is 4.79 Å². The zero-order valence-electron chi connectivity index (χ0n) is 14.9. The van der Waals surface area contributed by atoms with Crippen molar-refractivity contribution < 1.29 is 9.21 Å². The van der Waals surface area contributed by atoms with E-state index in [9.17, 15) is 4.79 Å². The van der Waals surface area contributed by atoms with Crippen LogP contribution in [-0.2, 0) is 4.79 Å². The van der Waals surface area contributed by atoms with Crippen molar-refractivity contribution in [3.63, 3.8) is 0 Å². The van der Waals surface area contributed by atoms with E-state index in [1.54, 1.807) is 41.5 Å². The number of nitrogens with one attached hydrogen (secondary N) is 1. The number of nitrogens with zero attached hydrogens (tertiary/aromatic N) is 4. The van der Waals surface area contributed by atoms with E-state index in [2.05, 4.69) is 32.5 Å². The molecule has 0 bridgehead atoms. The number of rotatable bonds is 5. The molecular weight excluding hydrogens is 354 g/mol. The van der Waals surface area contributed by atoms with Crippen molar-refractivity contribution in [3.05, 3.63) is 78.8 Å². The Morgan fingerprint density at radius 2 is 2.00 bits per heavy atom. The smallest absolute Gasteiger partial charge is 0.229 e. The number of aromatic nitrogens is 4. The first-order valence-electron chi connectivity index (χ1n) is 9.07. The molecule has 0 spiro atoms. The van der Waals surface area contributed by atoms with Gasteiger partial charge in [0, 0.05) is 24.4 Å². The van der Waals surface area contributed by atoms with Gasteiger partial charge in [0.15, 0.2) is 17.4 Å². The molecule has 1 aromatic carbocycles. The lowest BCUT2D eigenvalue weighted by atomic mass is 10.1. The first kappa shape index (κ1) is 16.4. The molecule has 4 aromatic rings. The fourth-order valence-corrected chi connectivity index (χ4v) is 3.31. The van der Waals surface area contributed by atoms with Crippen LogP contribution >= 0.6 is 0 Å². The Kier molecular flexibility index (Phi) is 3.97. The molecule has 0 saturated heterocycles. The predicted octanol–water partition coefficient (Wildman–Crippen LogP) is 3.66. The molecule has 7 heteroatoms. The van der Waals surface area contributed by atoms with Gasteiger partial charge in [0.05, 0.1) is 6.26 Å². The van der Waals surface area contributed by atoms with Gasteiger partial charge >= 0.3 is 0 Å². The summed E-state index contributed by atoms with van der Waals surface area (Å²) in [5.41, 5.74) is 1.19. The zero-order valence-corrected chi connectivity index (χ0v) is 14.9. The molecule has 7 nitrogen and oxygen atoms in total. The van der Waals surface area contributed by atoms with Crippen LogP contribution in [-0.4, -0.2) is 25.7 Å². The van der Waals surface area contributed by atoms with E-state index >= 15 is 0 Å². The van der Waals surface area contributed by atoms with E-state index in [0.717, 1.165) is 6.42 Å². The third-order valence-corrected chi connectivity index (χ3v) is 4.80. The second-order valence-electron chi connectivity index (χ2n) is 6.71. The van der Waals surface area contributed by atoms with Crippen LogP contribution in [0.3, 0.4) is 0 Å². The highest BCUT2D eigenvalue weighted by molar-refractivity contribution is 5.94. The molecule has 1 N–H and O–H groups in total. The molecule has 138 valence electrons. The summed E-state index contributed by atoms with van der Waals surface area (Å²) in [5.74, 6) is 2.08. The number of furan rings is 1. The lowest BCUT2D eigenvalue weighted by molar-refractivity contribution is -0.117. The molecule has 1 saturated carbocycles. The van der Waals surface area contributed by atoms with Crippen LogP contribution in [0.5, 0.6) is 0 Å². The van der Waals surface area contributed by atoms with Gasteiger partial charge in [-0.2, -0.15) is 5.10 Å². The molecule has 1 aliphatic rings. The molecule has 1 unspecified atom stereocenters. The first-order valence-corrected chi connectivity index (χ1v) is 9.07. The molecule has 3 aromatic heterocycles. The quantitative estimate of drug-likeness (QED) is 0.578. The Balaban J connectivity index is 1.41. The fraction of sp³-hybridized carbons (Fsp3) is 0.143. The largest absolute Gasteiger partial charge is 0.461 e. The van der Waals surface area contributed by atoms with Crippen molar-refractivity contribution in [3.8, 4) is 17.4 Å². The van der Waals surface area contributed by atoms with Crippen molar-refractivity contribution in [1.82, 2.24) is 19.7 Å². The Morgan fingerprint density at radius 3 is 2.75 bits per heavy atom. The minimum atomic E-state index is -0.0439. The van der Waals surface area contributed by atoms with Crippen molar-refractivity contribution in [2.45, 2.75) is 12.3 Å². The summed E-state index contributed by atoms with van der Waals surface area (Å²) in [6, 6.07) is 17.2. The number of carbonyl (C=O) groups excluding carboxylic acids is 1. The van der Waals surface area contributed by atoms with Crippen molar-refractivity contribution >= 4 is 11.7 Å². The second kappa shape index (κ2) is 6.77. The first-order chi connectivity index (χ1) is 13.8. The van der Waals surface area contributed by atoms with E-state index in [0.29, 0.717) is 23.2 Å². The molecule has 5 rings (SSSR count). The zero-order chi connectivity index (χ0) is 18.9. The summed E-state index contributed by atoms with van der Waals surface area (Å²) >= 11 is 0. The molecule has 1 fully saturated rings. The highest BCUT2D eigenvalue weighted by Gasteiger charge is 2.44. The minimum Gasteiger partial charge on any atom is -0.461 e. The van der Waals surface area contributed by atoms with E-state index in [4.69, 9.17) is 4.42 Å². The van der Waals surface area contributed by atoms with E-state index in [1.807, 2.05) is 24.3 Å². The van der Waals surface area contributed by atoms with Gasteiger partial charge in [0.1, 0.15) is 5.82 Å². The monoisotopic (exact) mass is 371 g/mol. The van der Waals surface area contributed by atoms with Crippen LogP contribution in [0, 0.1) is 5.92 Å². The van der Waals surface area contributed by atoms with Crippen LogP contribution in [0.15, 0.2) is 77.7 Å². The van der Waals surface area contributed by atoms with Gasteiger partial charge in [-0.25, -0.2) is 14.6 Å².